The molecule has 0 unspecified atom stereocenters. The van der Waals surface area contributed by atoms with Gasteiger partial charge >= 0.3 is 0 Å². The Morgan fingerprint density at radius 1 is 1.20 bits per heavy atom. The third-order valence-electron chi connectivity index (χ3n) is 4.91. The maximum atomic E-state index is 6.32. The van der Waals surface area contributed by atoms with Crippen LogP contribution in [0.2, 0.25) is 0 Å². The highest BCUT2D eigenvalue weighted by molar-refractivity contribution is 5.51. The minimum atomic E-state index is 0.248. The van der Waals surface area contributed by atoms with Crippen LogP contribution in [-0.2, 0) is 5.41 Å². The minimum absolute atomic E-state index is 0.248. The third kappa shape index (κ3) is 1.92. The van der Waals surface area contributed by atoms with Crippen molar-refractivity contribution in [2.24, 2.45) is 0 Å². The van der Waals surface area contributed by atoms with Gasteiger partial charge in [-0.05, 0) is 38.3 Å². The lowest BCUT2D eigenvalue weighted by Gasteiger charge is -2.26. The normalized spacial score (nSPS) is 17.5. The SMILES string of the molecule is CCC1(c2nn(-c3ccccc3)c(N)c2C)CCCC1. The van der Waals surface area contributed by atoms with Gasteiger partial charge in [0.2, 0.25) is 0 Å². The zero-order valence-corrected chi connectivity index (χ0v) is 12.4. The van der Waals surface area contributed by atoms with Crippen molar-refractivity contribution in [2.45, 2.75) is 51.4 Å². The summed E-state index contributed by atoms with van der Waals surface area (Å²) in [6.07, 6.45) is 6.26. The number of nitrogens with zero attached hydrogens (tertiary/aromatic N) is 2. The molecule has 106 valence electrons. The molecule has 1 fully saturated rings. The van der Waals surface area contributed by atoms with Crippen LogP contribution >= 0.6 is 0 Å². The summed E-state index contributed by atoms with van der Waals surface area (Å²) in [6.45, 7) is 4.40. The number of aromatic nitrogens is 2. The zero-order valence-electron chi connectivity index (χ0n) is 12.4. The van der Waals surface area contributed by atoms with E-state index in [-0.39, 0.29) is 5.41 Å². The summed E-state index contributed by atoms with van der Waals surface area (Å²) in [7, 11) is 0. The summed E-state index contributed by atoms with van der Waals surface area (Å²) in [4.78, 5) is 0. The Morgan fingerprint density at radius 3 is 2.45 bits per heavy atom. The van der Waals surface area contributed by atoms with Crippen molar-refractivity contribution in [3.63, 3.8) is 0 Å². The monoisotopic (exact) mass is 269 g/mol. The largest absolute Gasteiger partial charge is 0.383 e. The molecule has 1 aromatic heterocycles. The Kier molecular flexibility index (Phi) is 3.28. The van der Waals surface area contributed by atoms with Gasteiger partial charge in [-0.1, -0.05) is 38.0 Å². The first-order valence-electron chi connectivity index (χ1n) is 7.59. The fraction of sp³-hybridized carbons (Fsp3) is 0.471. The zero-order chi connectivity index (χ0) is 14.2. The Balaban J connectivity index is 2.11. The molecule has 1 aliphatic carbocycles. The molecule has 3 rings (SSSR count). The highest BCUT2D eigenvalue weighted by Crippen LogP contribution is 2.45. The first-order valence-corrected chi connectivity index (χ1v) is 7.59. The van der Waals surface area contributed by atoms with Gasteiger partial charge in [0.05, 0.1) is 11.4 Å². The van der Waals surface area contributed by atoms with Gasteiger partial charge in [0.15, 0.2) is 0 Å². The summed E-state index contributed by atoms with van der Waals surface area (Å²) < 4.78 is 1.90. The molecule has 1 heterocycles. The standard InChI is InChI=1S/C17H23N3/c1-3-17(11-7-8-12-17)15-13(2)16(18)20(19-15)14-9-5-4-6-10-14/h4-6,9-10H,3,7-8,11-12,18H2,1-2H3. The van der Waals surface area contributed by atoms with E-state index in [1.165, 1.54) is 31.4 Å². The molecule has 20 heavy (non-hydrogen) atoms. The molecule has 2 aromatic rings. The van der Waals surface area contributed by atoms with Gasteiger partial charge in [-0.3, -0.25) is 0 Å². The van der Waals surface area contributed by atoms with Gasteiger partial charge in [-0.25, -0.2) is 4.68 Å². The lowest BCUT2D eigenvalue weighted by atomic mass is 9.78. The summed E-state index contributed by atoms with van der Waals surface area (Å²) in [5.74, 6) is 0.783. The molecule has 0 atom stereocenters. The van der Waals surface area contributed by atoms with Gasteiger partial charge in [0.1, 0.15) is 5.82 Å². The molecule has 3 nitrogen and oxygen atoms in total. The molecule has 0 amide bonds. The molecule has 0 bridgehead atoms. The summed E-state index contributed by atoms with van der Waals surface area (Å²) in [5.41, 5.74) is 10.00. The Bertz CT molecular complexity index is 592. The van der Waals surface area contributed by atoms with Gasteiger partial charge < -0.3 is 5.73 Å². The van der Waals surface area contributed by atoms with Crippen molar-refractivity contribution >= 4 is 5.82 Å². The average molecular weight is 269 g/mol. The Morgan fingerprint density at radius 2 is 1.85 bits per heavy atom. The Hall–Kier alpha value is -1.77. The van der Waals surface area contributed by atoms with E-state index in [0.717, 1.165) is 23.5 Å². The fourth-order valence-electron chi connectivity index (χ4n) is 3.59. The number of hydrogen-bond acceptors (Lipinski definition) is 2. The molecular weight excluding hydrogens is 246 g/mol. The van der Waals surface area contributed by atoms with Crippen LogP contribution in [0, 0.1) is 6.92 Å². The van der Waals surface area contributed by atoms with Crippen molar-refractivity contribution in [1.29, 1.82) is 0 Å². The van der Waals surface area contributed by atoms with Crippen molar-refractivity contribution in [2.75, 3.05) is 5.73 Å². The molecule has 1 aromatic carbocycles. The van der Waals surface area contributed by atoms with E-state index < -0.39 is 0 Å². The summed E-state index contributed by atoms with van der Waals surface area (Å²) in [6, 6.07) is 10.2. The number of hydrogen-bond donors (Lipinski definition) is 1. The summed E-state index contributed by atoms with van der Waals surface area (Å²) >= 11 is 0. The van der Waals surface area contributed by atoms with Crippen LogP contribution in [0.5, 0.6) is 0 Å². The molecule has 1 saturated carbocycles. The number of benzene rings is 1. The lowest BCUT2D eigenvalue weighted by molar-refractivity contribution is 0.407. The van der Waals surface area contributed by atoms with Gasteiger partial charge in [0, 0.05) is 11.0 Å². The maximum absolute atomic E-state index is 6.32. The molecule has 0 spiro atoms. The van der Waals surface area contributed by atoms with Crippen molar-refractivity contribution in [3.8, 4) is 5.69 Å². The number of para-hydroxylation sites is 1. The first kappa shape index (κ1) is 13.2. The van der Waals surface area contributed by atoms with Crippen LogP contribution in [-0.4, -0.2) is 9.78 Å². The van der Waals surface area contributed by atoms with Crippen LogP contribution in [0.3, 0.4) is 0 Å². The van der Waals surface area contributed by atoms with E-state index >= 15 is 0 Å². The third-order valence-corrected chi connectivity index (χ3v) is 4.91. The maximum Gasteiger partial charge on any atom is 0.130 e. The number of rotatable bonds is 3. The van der Waals surface area contributed by atoms with Crippen LogP contribution in [0.15, 0.2) is 30.3 Å². The minimum Gasteiger partial charge on any atom is -0.383 e. The first-order chi connectivity index (χ1) is 9.68. The van der Waals surface area contributed by atoms with Crippen LogP contribution in [0.1, 0.15) is 50.3 Å². The highest BCUT2D eigenvalue weighted by Gasteiger charge is 2.38. The predicted molar refractivity (Wildman–Crippen MR) is 83.2 cm³/mol. The van der Waals surface area contributed by atoms with Crippen molar-refractivity contribution in [3.05, 3.63) is 41.6 Å². The van der Waals surface area contributed by atoms with Gasteiger partial charge in [0.25, 0.3) is 0 Å². The second kappa shape index (κ2) is 4.97. The van der Waals surface area contributed by atoms with Gasteiger partial charge in [-0.2, -0.15) is 5.10 Å². The molecule has 0 radical (unpaired) electrons. The topological polar surface area (TPSA) is 43.8 Å². The average Bonchev–Trinajstić information content (AvgIpc) is 3.08. The number of nitrogens with two attached hydrogens (primary N) is 1. The van der Waals surface area contributed by atoms with Crippen molar-refractivity contribution < 1.29 is 0 Å². The second-order valence-corrected chi connectivity index (χ2v) is 5.95. The predicted octanol–water partition coefficient (Wildman–Crippen LogP) is 3.98. The lowest BCUT2D eigenvalue weighted by Crippen LogP contribution is -2.22. The molecule has 0 aliphatic heterocycles. The van der Waals surface area contributed by atoms with Gasteiger partial charge in [-0.15, -0.1) is 0 Å². The summed E-state index contributed by atoms with van der Waals surface area (Å²) in [5, 5.41) is 4.90. The van der Waals surface area contributed by atoms with E-state index in [2.05, 4.69) is 26.0 Å². The van der Waals surface area contributed by atoms with Crippen LogP contribution < -0.4 is 5.73 Å². The van der Waals surface area contributed by atoms with Crippen LogP contribution in [0.25, 0.3) is 5.69 Å². The fourth-order valence-corrected chi connectivity index (χ4v) is 3.59. The van der Waals surface area contributed by atoms with Crippen LogP contribution in [0.4, 0.5) is 5.82 Å². The quantitative estimate of drug-likeness (QED) is 0.915. The second-order valence-electron chi connectivity index (χ2n) is 5.95. The smallest absolute Gasteiger partial charge is 0.130 e. The van der Waals surface area contributed by atoms with Crippen molar-refractivity contribution in [1.82, 2.24) is 9.78 Å². The number of anilines is 1. The number of nitrogen functional groups attached to an aromatic ring is 1. The van der Waals surface area contributed by atoms with E-state index in [0.29, 0.717) is 0 Å². The molecule has 1 aliphatic rings. The van der Waals surface area contributed by atoms with E-state index in [1.54, 1.807) is 0 Å². The Labute approximate surface area is 120 Å². The van der Waals surface area contributed by atoms with E-state index in [4.69, 9.17) is 10.8 Å². The highest BCUT2D eigenvalue weighted by atomic mass is 15.3. The molecule has 3 heteroatoms. The molecule has 2 N–H and O–H groups in total. The van der Waals surface area contributed by atoms with E-state index in [1.807, 2.05) is 22.9 Å². The molecule has 0 saturated heterocycles. The van der Waals surface area contributed by atoms with E-state index in [9.17, 15) is 0 Å². The molecular formula is C17H23N3.